The van der Waals surface area contributed by atoms with Crippen molar-refractivity contribution < 1.29 is 9.18 Å². The molecule has 0 atom stereocenters. The van der Waals surface area contributed by atoms with Crippen LogP contribution in [0, 0.1) is 5.82 Å². The maximum absolute atomic E-state index is 12.8. The summed E-state index contributed by atoms with van der Waals surface area (Å²) in [6.07, 6.45) is 3.11. The SMILES string of the molecule is Nc1cc(F)ccc1C(=O)Nc1cccnc1. The van der Waals surface area contributed by atoms with Gasteiger partial charge in [-0.2, -0.15) is 0 Å². The van der Waals surface area contributed by atoms with Crippen LogP contribution in [0.25, 0.3) is 0 Å². The van der Waals surface area contributed by atoms with E-state index >= 15 is 0 Å². The summed E-state index contributed by atoms with van der Waals surface area (Å²) in [6, 6.07) is 7.04. The van der Waals surface area contributed by atoms with E-state index in [1.165, 1.54) is 18.3 Å². The molecule has 0 fully saturated rings. The van der Waals surface area contributed by atoms with Gasteiger partial charge in [0.2, 0.25) is 0 Å². The van der Waals surface area contributed by atoms with Crippen LogP contribution in [0.15, 0.2) is 42.7 Å². The van der Waals surface area contributed by atoms with Gasteiger partial charge >= 0.3 is 0 Å². The highest BCUT2D eigenvalue weighted by molar-refractivity contribution is 6.07. The second kappa shape index (κ2) is 4.61. The lowest BCUT2D eigenvalue weighted by molar-refractivity contribution is 0.102. The molecule has 5 heteroatoms. The summed E-state index contributed by atoms with van der Waals surface area (Å²) in [7, 11) is 0. The van der Waals surface area contributed by atoms with Crippen molar-refractivity contribution in [1.29, 1.82) is 0 Å². The molecule has 17 heavy (non-hydrogen) atoms. The minimum absolute atomic E-state index is 0.103. The topological polar surface area (TPSA) is 68.0 Å². The molecule has 1 amide bonds. The predicted octanol–water partition coefficient (Wildman–Crippen LogP) is 2.06. The Morgan fingerprint density at radius 2 is 2.18 bits per heavy atom. The van der Waals surface area contributed by atoms with Crippen LogP contribution in [0.3, 0.4) is 0 Å². The molecule has 2 aromatic rings. The lowest BCUT2D eigenvalue weighted by atomic mass is 10.1. The third kappa shape index (κ3) is 2.57. The summed E-state index contributed by atoms with van der Waals surface area (Å²) >= 11 is 0. The molecule has 0 unspecified atom stereocenters. The van der Waals surface area contributed by atoms with Gasteiger partial charge in [-0.25, -0.2) is 4.39 Å². The van der Waals surface area contributed by atoms with Crippen molar-refractivity contribution in [2.45, 2.75) is 0 Å². The van der Waals surface area contributed by atoms with E-state index in [4.69, 9.17) is 5.73 Å². The van der Waals surface area contributed by atoms with Crippen molar-refractivity contribution >= 4 is 17.3 Å². The first-order valence-corrected chi connectivity index (χ1v) is 4.93. The molecule has 0 radical (unpaired) electrons. The fourth-order valence-corrected chi connectivity index (χ4v) is 1.38. The quantitative estimate of drug-likeness (QED) is 0.777. The van der Waals surface area contributed by atoms with E-state index in [2.05, 4.69) is 10.3 Å². The molecule has 1 heterocycles. The van der Waals surface area contributed by atoms with Crippen LogP contribution in [0.1, 0.15) is 10.4 Å². The van der Waals surface area contributed by atoms with Gasteiger partial charge in [0, 0.05) is 11.9 Å². The molecule has 86 valence electrons. The maximum Gasteiger partial charge on any atom is 0.257 e. The van der Waals surface area contributed by atoms with Crippen LogP contribution >= 0.6 is 0 Å². The zero-order valence-electron chi connectivity index (χ0n) is 8.85. The predicted molar refractivity (Wildman–Crippen MR) is 63.0 cm³/mol. The van der Waals surface area contributed by atoms with E-state index in [-0.39, 0.29) is 11.3 Å². The van der Waals surface area contributed by atoms with Gasteiger partial charge < -0.3 is 11.1 Å². The normalized spacial score (nSPS) is 9.94. The number of nitrogen functional groups attached to an aromatic ring is 1. The number of aromatic nitrogens is 1. The monoisotopic (exact) mass is 231 g/mol. The smallest absolute Gasteiger partial charge is 0.257 e. The van der Waals surface area contributed by atoms with Crippen molar-refractivity contribution in [2.24, 2.45) is 0 Å². The fourth-order valence-electron chi connectivity index (χ4n) is 1.38. The Morgan fingerprint density at radius 3 is 2.82 bits per heavy atom. The Kier molecular flexibility index (Phi) is 3.00. The molecular weight excluding hydrogens is 221 g/mol. The molecule has 2 rings (SSSR count). The molecule has 4 nitrogen and oxygen atoms in total. The third-order valence-corrected chi connectivity index (χ3v) is 2.18. The van der Waals surface area contributed by atoms with E-state index in [1.54, 1.807) is 18.3 Å². The van der Waals surface area contributed by atoms with Crippen molar-refractivity contribution in [3.05, 3.63) is 54.1 Å². The van der Waals surface area contributed by atoms with Gasteiger partial charge in [-0.05, 0) is 30.3 Å². The van der Waals surface area contributed by atoms with Crippen LogP contribution in [-0.2, 0) is 0 Å². The summed E-state index contributed by atoms with van der Waals surface area (Å²) in [6.45, 7) is 0. The Balaban J connectivity index is 2.21. The minimum Gasteiger partial charge on any atom is -0.398 e. The second-order valence-electron chi connectivity index (χ2n) is 3.43. The first-order chi connectivity index (χ1) is 8.16. The van der Waals surface area contributed by atoms with Crippen LogP contribution in [-0.4, -0.2) is 10.9 Å². The lowest BCUT2D eigenvalue weighted by Crippen LogP contribution is -2.14. The van der Waals surface area contributed by atoms with Gasteiger partial charge in [-0.1, -0.05) is 0 Å². The summed E-state index contributed by atoms with van der Waals surface area (Å²) in [5.74, 6) is -0.865. The first-order valence-electron chi connectivity index (χ1n) is 4.93. The van der Waals surface area contributed by atoms with Gasteiger partial charge in [-0.3, -0.25) is 9.78 Å². The average Bonchev–Trinajstić information content (AvgIpc) is 2.30. The summed E-state index contributed by atoms with van der Waals surface area (Å²) in [4.78, 5) is 15.7. The lowest BCUT2D eigenvalue weighted by Gasteiger charge is -2.06. The van der Waals surface area contributed by atoms with Crippen LogP contribution in [0.4, 0.5) is 15.8 Å². The third-order valence-electron chi connectivity index (χ3n) is 2.18. The van der Waals surface area contributed by atoms with Gasteiger partial charge in [0.25, 0.3) is 5.91 Å². The van der Waals surface area contributed by atoms with Crippen molar-refractivity contribution in [3.8, 4) is 0 Å². The van der Waals surface area contributed by atoms with Crippen molar-refractivity contribution in [1.82, 2.24) is 4.98 Å². The molecule has 0 bridgehead atoms. The fraction of sp³-hybridized carbons (Fsp3) is 0. The van der Waals surface area contributed by atoms with Crippen LogP contribution in [0.2, 0.25) is 0 Å². The molecule has 0 saturated heterocycles. The van der Waals surface area contributed by atoms with E-state index in [0.29, 0.717) is 5.69 Å². The molecule has 0 saturated carbocycles. The summed E-state index contributed by atoms with van der Waals surface area (Å²) in [5.41, 5.74) is 6.45. The van der Waals surface area contributed by atoms with E-state index in [1.807, 2.05) is 0 Å². The van der Waals surface area contributed by atoms with E-state index < -0.39 is 11.7 Å². The average molecular weight is 231 g/mol. The van der Waals surface area contributed by atoms with Gasteiger partial charge in [0.05, 0.1) is 17.4 Å². The standard InChI is InChI=1S/C12H10FN3O/c13-8-3-4-10(11(14)6-8)12(17)16-9-2-1-5-15-7-9/h1-7H,14H2,(H,16,17). The van der Waals surface area contributed by atoms with Crippen molar-refractivity contribution in [2.75, 3.05) is 11.1 Å². The number of hydrogen-bond acceptors (Lipinski definition) is 3. The molecular formula is C12H10FN3O. The Bertz CT molecular complexity index is 543. The minimum atomic E-state index is -0.472. The van der Waals surface area contributed by atoms with E-state index in [0.717, 1.165) is 6.07 Å². The number of pyridine rings is 1. The first kappa shape index (κ1) is 11.1. The Labute approximate surface area is 97.3 Å². The Hall–Kier alpha value is -2.43. The molecule has 0 aliphatic rings. The number of nitrogens with one attached hydrogen (secondary N) is 1. The number of carbonyl (C=O) groups excluding carboxylic acids is 1. The molecule has 0 aliphatic carbocycles. The highest BCUT2D eigenvalue weighted by Gasteiger charge is 2.10. The molecule has 0 spiro atoms. The molecule has 0 aliphatic heterocycles. The number of anilines is 2. The number of amides is 1. The number of benzene rings is 1. The molecule has 1 aromatic carbocycles. The number of hydrogen-bond donors (Lipinski definition) is 2. The highest BCUT2D eigenvalue weighted by Crippen LogP contribution is 2.15. The van der Waals surface area contributed by atoms with Crippen LogP contribution < -0.4 is 11.1 Å². The largest absolute Gasteiger partial charge is 0.398 e. The Morgan fingerprint density at radius 1 is 1.35 bits per heavy atom. The zero-order chi connectivity index (χ0) is 12.3. The summed E-state index contributed by atoms with van der Waals surface area (Å²) in [5, 5.41) is 2.61. The summed E-state index contributed by atoms with van der Waals surface area (Å²) < 4.78 is 12.8. The van der Waals surface area contributed by atoms with Gasteiger partial charge in [0.1, 0.15) is 5.82 Å². The zero-order valence-corrected chi connectivity index (χ0v) is 8.85. The van der Waals surface area contributed by atoms with Gasteiger partial charge in [0.15, 0.2) is 0 Å². The van der Waals surface area contributed by atoms with Gasteiger partial charge in [-0.15, -0.1) is 0 Å². The highest BCUT2D eigenvalue weighted by atomic mass is 19.1. The molecule has 1 aromatic heterocycles. The number of nitrogens with two attached hydrogens (primary N) is 1. The van der Waals surface area contributed by atoms with Crippen molar-refractivity contribution in [3.63, 3.8) is 0 Å². The molecule has 3 N–H and O–H groups in total. The number of nitrogens with zero attached hydrogens (tertiary/aromatic N) is 1. The number of rotatable bonds is 2. The number of carbonyl (C=O) groups is 1. The van der Waals surface area contributed by atoms with Crippen LogP contribution in [0.5, 0.6) is 0 Å². The van der Waals surface area contributed by atoms with E-state index in [9.17, 15) is 9.18 Å². The maximum atomic E-state index is 12.8. The number of halogens is 1. The second-order valence-corrected chi connectivity index (χ2v) is 3.43.